The first kappa shape index (κ1) is 34.4. The third-order valence-corrected chi connectivity index (χ3v) is 10.5. The van der Waals surface area contributed by atoms with Gasteiger partial charge in [0.05, 0.1) is 27.8 Å². The number of para-hydroxylation sites is 1. The number of hydrogen-bond donors (Lipinski definition) is 0. The molecule has 0 atom stereocenters. The summed E-state index contributed by atoms with van der Waals surface area (Å²) in [5.74, 6) is 0. The number of rotatable bonds is 4. The molecule has 0 radical (unpaired) electrons. The van der Waals surface area contributed by atoms with Gasteiger partial charge in [-0.3, -0.25) is 0 Å². The van der Waals surface area contributed by atoms with Crippen LogP contribution in [0.3, 0.4) is 0 Å². The highest BCUT2D eigenvalue weighted by Crippen LogP contribution is 2.43. The lowest BCUT2D eigenvalue weighted by molar-refractivity contribution is -0.138. The molecule has 0 bridgehead atoms. The van der Waals surface area contributed by atoms with E-state index in [4.69, 9.17) is 0 Å². The molecule has 9 aromatic rings. The van der Waals surface area contributed by atoms with E-state index in [9.17, 15) is 26.3 Å². The lowest BCUT2D eigenvalue weighted by atomic mass is 9.94. The first-order valence-corrected chi connectivity index (χ1v) is 17.8. The maximum atomic E-state index is 13.9. The number of aryl methyl sites for hydroxylation is 2. The molecular formula is C48H31F6N. The molecule has 0 fully saturated rings. The smallest absolute Gasteiger partial charge is 0.309 e. The highest BCUT2D eigenvalue weighted by molar-refractivity contribution is 6.14. The number of halogens is 6. The molecule has 55 heavy (non-hydrogen) atoms. The summed E-state index contributed by atoms with van der Waals surface area (Å²) >= 11 is 0. The van der Waals surface area contributed by atoms with Gasteiger partial charge in [-0.1, -0.05) is 97.1 Å². The normalized spacial score (nSPS) is 12.4. The summed E-state index contributed by atoms with van der Waals surface area (Å²) in [4.78, 5) is 0. The lowest BCUT2D eigenvalue weighted by Gasteiger charge is -2.16. The van der Waals surface area contributed by atoms with Crippen LogP contribution in [0, 0.1) is 13.8 Å². The fraction of sp³-hybridized carbons (Fsp3) is 0.0833. The van der Waals surface area contributed by atoms with Crippen LogP contribution in [-0.4, -0.2) is 4.57 Å². The topological polar surface area (TPSA) is 4.93 Å². The molecule has 0 saturated heterocycles. The van der Waals surface area contributed by atoms with Crippen molar-refractivity contribution in [2.45, 2.75) is 26.2 Å². The van der Waals surface area contributed by atoms with Crippen molar-refractivity contribution >= 4 is 43.4 Å². The van der Waals surface area contributed by atoms with Crippen molar-refractivity contribution in [1.82, 2.24) is 4.57 Å². The lowest BCUT2D eigenvalue weighted by Crippen LogP contribution is -2.05. The predicted molar refractivity (Wildman–Crippen MR) is 212 cm³/mol. The van der Waals surface area contributed by atoms with Crippen LogP contribution < -0.4 is 0 Å². The molecule has 7 heteroatoms. The number of aromatic nitrogens is 1. The molecule has 1 heterocycles. The second-order valence-electron chi connectivity index (χ2n) is 14.2. The van der Waals surface area contributed by atoms with Gasteiger partial charge in [-0.2, -0.15) is 26.3 Å². The van der Waals surface area contributed by atoms with Crippen LogP contribution in [0.15, 0.2) is 152 Å². The SMILES string of the molecule is Cc1cc(-c2ccc3c(c2)c2cc(-c4cc(C)cc(C(F)(F)F)c4)ccc2n3-c2ccccc2-c2cccc3c2ccc2ccccc23)cc(C(F)(F)F)c1. The summed E-state index contributed by atoms with van der Waals surface area (Å²) in [5, 5.41) is 6.00. The molecule has 0 unspecified atom stereocenters. The van der Waals surface area contributed by atoms with Gasteiger partial charge in [-0.25, -0.2) is 0 Å². The zero-order chi connectivity index (χ0) is 38.2. The molecule has 0 aliphatic carbocycles. The maximum Gasteiger partial charge on any atom is 0.416 e. The van der Waals surface area contributed by atoms with Gasteiger partial charge in [-0.05, 0) is 129 Å². The van der Waals surface area contributed by atoms with E-state index in [1.807, 2.05) is 66.7 Å². The molecule has 0 amide bonds. The second kappa shape index (κ2) is 12.6. The predicted octanol–water partition coefficient (Wildman–Crippen LogP) is 14.7. The Hall–Kier alpha value is -6.34. The van der Waals surface area contributed by atoms with Crippen molar-refractivity contribution < 1.29 is 26.3 Å². The van der Waals surface area contributed by atoms with Crippen molar-refractivity contribution in [3.05, 3.63) is 174 Å². The van der Waals surface area contributed by atoms with E-state index in [1.54, 1.807) is 26.0 Å². The molecule has 0 spiro atoms. The van der Waals surface area contributed by atoms with Crippen molar-refractivity contribution in [3.63, 3.8) is 0 Å². The number of benzene rings is 8. The Balaban J connectivity index is 1.32. The van der Waals surface area contributed by atoms with E-state index in [0.717, 1.165) is 84.4 Å². The summed E-state index contributed by atoms with van der Waals surface area (Å²) in [5.41, 5.74) is 6.00. The Kier molecular flexibility index (Phi) is 7.90. The zero-order valence-corrected chi connectivity index (χ0v) is 29.6. The van der Waals surface area contributed by atoms with Crippen LogP contribution in [0.25, 0.3) is 82.4 Å². The summed E-state index contributed by atoms with van der Waals surface area (Å²) in [6.45, 7) is 3.28. The largest absolute Gasteiger partial charge is 0.416 e. The monoisotopic (exact) mass is 735 g/mol. The van der Waals surface area contributed by atoms with Gasteiger partial charge < -0.3 is 4.57 Å². The van der Waals surface area contributed by atoms with E-state index in [2.05, 4.69) is 53.1 Å². The summed E-state index contributed by atoms with van der Waals surface area (Å²) in [6, 6.07) is 46.2. The van der Waals surface area contributed by atoms with Crippen molar-refractivity contribution in [2.75, 3.05) is 0 Å². The number of alkyl halides is 6. The van der Waals surface area contributed by atoms with E-state index in [-0.39, 0.29) is 0 Å². The third-order valence-electron chi connectivity index (χ3n) is 10.5. The van der Waals surface area contributed by atoms with Crippen molar-refractivity contribution in [1.29, 1.82) is 0 Å². The number of hydrogen-bond acceptors (Lipinski definition) is 0. The quantitative estimate of drug-likeness (QED) is 0.125. The average molecular weight is 736 g/mol. The van der Waals surface area contributed by atoms with Crippen molar-refractivity contribution in [2.24, 2.45) is 0 Å². The van der Waals surface area contributed by atoms with Crippen LogP contribution in [-0.2, 0) is 12.4 Å². The Morgan fingerprint density at radius 3 is 1.51 bits per heavy atom. The Bertz CT molecular complexity index is 2860. The van der Waals surface area contributed by atoms with Gasteiger partial charge in [0.15, 0.2) is 0 Å². The molecular weight excluding hydrogens is 705 g/mol. The molecule has 0 aliphatic heterocycles. The van der Waals surface area contributed by atoms with Gasteiger partial charge in [-0.15, -0.1) is 0 Å². The first-order valence-electron chi connectivity index (χ1n) is 17.8. The van der Waals surface area contributed by atoms with Crippen LogP contribution in [0.1, 0.15) is 22.3 Å². The van der Waals surface area contributed by atoms with Crippen LogP contribution in [0.2, 0.25) is 0 Å². The highest BCUT2D eigenvalue weighted by Gasteiger charge is 2.32. The number of fused-ring (bicyclic) bond motifs is 6. The minimum atomic E-state index is -4.52. The maximum absolute atomic E-state index is 13.9. The standard InChI is InChI=1S/C48H31F6N/c1-28-20-33(24-35(22-28)47(49,50)51)31-15-18-45-42(26-31)43-27-32(34-21-29(2)23-36(25-34)48(52,53)54)16-19-46(43)55(45)44-13-6-5-10-41(44)39-12-7-11-38-37-9-4-3-8-30(37)14-17-40(38)39/h3-27H,1-2H3. The molecule has 8 aromatic carbocycles. The summed E-state index contributed by atoms with van der Waals surface area (Å²) in [7, 11) is 0. The summed E-state index contributed by atoms with van der Waals surface area (Å²) in [6.07, 6.45) is -9.03. The molecule has 1 aromatic heterocycles. The highest BCUT2D eigenvalue weighted by atomic mass is 19.4. The Morgan fingerprint density at radius 2 is 0.909 bits per heavy atom. The molecule has 1 nitrogen and oxygen atoms in total. The number of nitrogens with zero attached hydrogens (tertiary/aromatic N) is 1. The van der Waals surface area contributed by atoms with E-state index in [0.29, 0.717) is 33.4 Å². The van der Waals surface area contributed by atoms with E-state index >= 15 is 0 Å². The van der Waals surface area contributed by atoms with E-state index < -0.39 is 23.5 Å². The first-order chi connectivity index (χ1) is 26.3. The molecule has 0 saturated carbocycles. The van der Waals surface area contributed by atoms with Crippen LogP contribution >= 0.6 is 0 Å². The van der Waals surface area contributed by atoms with Gasteiger partial charge in [0.1, 0.15) is 0 Å². The fourth-order valence-corrected chi connectivity index (χ4v) is 8.04. The molecule has 0 aliphatic rings. The minimum Gasteiger partial charge on any atom is -0.309 e. The summed E-state index contributed by atoms with van der Waals surface area (Å²) < 4.78 is 85.7. The Labute approximate surface area is 312 Å². The van der Waals surface area contributed by atoms with Crippen LogP contribution in [0.5, 0.6) is 0 Å². The van der Waals surface area contributed by atoms with Gasteiger partial charge in [0.25, 0.3) is 0 Å². The van der Waals surface area contributed by atoms with Gasteiger partial charge >= 0.3 is 12.4 Å². The third kappa shape index (κ3) is 6.00. The molecule has 0 N–H and O–H groups in total. The average Bonchev–Trinajstić information content (AvgIpc) is 3.49. The zero-order valence-electron chi connectivity index (χ0n) is 29.6. The molecule has 270 valence electrons. The van der Waals surface area contributed by atoms with Crippen molar-refractivity contribution in [3.8, 4) is 39.1 Å². The van der Waals surface area contributed by atoms with Gasteiger partial charge in [0, 0.05) is 16.3 Å². The van der Waals surface area contributed by atoms with E-state index in [1.165, 1.54) is 0 Å². The Morgan fingerprint density at radius 1 is 0.382 bits per heavy atom. The minimum absolute atomic E-state index is 0.420. The second-order valence-corrected chi connectivity index (χ2v) is 14.2. The van der Waals surface area contributed by atoms with Crippen LogP contribution in [0.4, 0.5) is 26.3 Å². The van der Waals surface area contributed by atoms with Gasteiger partial charge in [0.2, 0.25) is 0 Å². The fourth-order valence-electron chi connectivity index (χ4n) is 8.04. The molecule has 9 rings (SSSR count).